The predicted molar refractivity (Wildman–Crippen MR) is 93.8 cm³/mol. The van der Waals surface area contributed by atoms with Gasteiger partial charge in [0.15, 0.2) is 5.13 Å². The average molecular weight is 326 g/mol. The summed E-state index contributed by atoms with van der Waals surface area (Å²) >= 11 is 1.56. The molecule has 0 aliphatic carbocycles. The first kappa shape index (κ1) is 15.4. The summed E-state index contributed by atoms with van der Waals surface area (Å²) < 4.78 is 5.74. The molecule has 5 nitrogen and oxygen atoms in total. The molecule has 6 heteroatoms. The third-order valence-electron chi connectivity index (χ3n) is 3.11. The maximum absolute atomic E-state index is 5.74. The summed E-state index contributed by atoms with van der Waals surface area (Å²) in [5.74, 6) is 1.48. The number of thiazole rings is 1. The van der Waals surface area contributed by atoms with Crippen molar-refractivity contribution in [3.05, 3.63) is 53.4 Å². The monoisotopic (exact) mass is 326 g/mol. The second kappa shape index (κ2) is 6.34. The van der Waals surface area contributed by atoms with Gasteiger partial charge < -0.3 is 9.73 Å². The van der Waals surface area contributed by atoms with Gasteiger partial charge in [0.1, 0.15) is 5.76 Å². The lowest BCUT2D eigenvalue weighted by molar-refractivity contribution is 0.403. The second-order valence-corrected chi connectivity index (χ2v) is 7.14. The zero-order chi connectivity index (χ0) is 16.3. The Kier molecular flexibility index (Phi) is 4.25. The summed E-state index contributed by atoms with van der Waals surface area (Å²) in [5, 5.41) is 4.07. The van der Waals surface area contributed by atoms with Crippen molar-refractivity contribution >= 4 is 34.3 Å². The lowest BCUT2D eigenvalue weighted by Crippen LogP contribution is -2.09. The maximum atomic E-state index is 5.74. The van der Waals surface area contributed by atoms with Crippen LogP contribution in [0.3, 0.4) is 0 Å². The fourth-order valence-electron chi connectivity index (χ4n) is 1.84. The minimum Gasteiger partial charge on any atom is -0.441 e. The van der Waals surface area contributed by atoms with Crippen molar-refractivity contribution < 1.29 is 4.42 Å². The van der Waals surface area contributed by atoms with Gasteiger partial charge in [0.05, 0.1) is 6.20 Å². The third kappa shape index (κ3) is 4.04. The lowest BCUT2D eigenvalue weighted by atomic mass is 9.94. The highest BCUT2D eigenvalue weighted by molar-refractivity contribution is 7.16. The molecule has 0 saturated carbocycles. The van der Waals surface area contributed by atoms with E-state index in [1.54, 1.807) is 29.9 Å². The SMILES string of the molecule is CC(C)(C)c1cnc(/C=C/c2cnc(Nc3ccncc3)s2)o1. The minimum absolute atomic E-state index is 0.0365. The van der Waals surface area contributed by atoms with Crippen LogP contribution in [-0.4, -0.2) is 15.0 Å². The fraction of sp³-hybridized carbons (Fsp3) is 0.235. The van der Waals surface area contributed by atoms with Crippen molar-refractivity contribution in [3.63, 3.8) is 0 Å². The van der Waals surface area contributed by atoms with Crippen LogP contribution in [-0.2, 0) is 5.41 Å². The molecule has 0 amide bonds. The molecule has 0 saturated heterocycles. The van der Waals surface area contributed by atoms with Gasteiger partial charge in [0.25, 0.3) is 0 Å². The van der Waals surface area contributed by atoms with Gasteiger partial charge in [0, 0.05) is 40.6 Å². The van der Waals surface area contributed by atoms with E-state index in [4.69, 9.17) is 4.42 Å². The minimum atomic E-state index is -0.0365. The standard InChI is InChI=1S/C17H18N4OS/c1-17(2,3)14-11-19-15(22-14)5-4-13-10-20-16(23-13)21-12-6-8-18-9-7-12/h4-11H,1-3H3,(H,18,20,21)/b5-4+. The van der Waals surface area contributed by atoms with Crippen LogP contribution in [0.15, 0.2) is 41.3 Å². The number of nitrogens with one attached hydrogen (secondary N) is 1. The molecule has 0 aliphatic rings. The highest BCUT2D eigenvalue weighted by Crippen LogP contribution is 2.25. The summed E-state index contributed by atoms with van der Waals surface area (Å²) in [7, 11) is 0. The quantitative estimate of drug-likeness (QED) is 0.750. The van der Waals surface area contributed by atoms with Gasteiger partial charge in [-0.1, -0.05) is 32.1 Å². The molecular formula is C17H18N4OS. The number of hydrogen-bond donors (Lipinski definition) is 1. The first-order valence-corrected chi connectivity index (χ1v) is 8.10. The van der Waals surface area contributed by atoms with Gasteiger partial charge in [-0.05, 0) is 18.2 Å². The third-order valence-corrected chi connectivity index (χ3v) is 3.99. The van der Waals surface area contributed by atoms with E-state index in [1.165, 1.54) is 0 Å². The molecule has 0 aliphatic heterocycles. The molecule has 0 atom stereocenters. The molecule has 0 fully saturated rings. The Morgan fingerprint density at radius 1 is 1.09 bits per heavy atom. The molecule has 0 radical (unpaired) electrons. The smallest absolute Gasteiger partial charge is 0.218 e. The molecule has 3 heterocycles. The van der Waals surface area contributed by atoms with Gasteiger partial charge >= 0.3 is 0 Å². The molecule has 23 heavy (non-hydrogen) atoms. The Morgan fingerprint density at radius 3 is 2.57 bits per heavy atom. The molecule has 3 aromatic rings. The molecule has 1 N–H and O–H groups in total. The average Bonchev–Trinajstić information content (AvgIpc) is 3.15. The normalized spacial score (nSPS) is 12.0. The molecular weight excluding hydrogens is 308 g/mol. The van der Waals surface area contributed by atoms with Crippen LogP contribution < -0.4 is 5.32 Å². The predicted octanol–water partition coefficient (Wildman–Crippen LogP) is 4.74. The number of hydrogen-bond acceptors (Lipinski definition) is 6. The molecule has 118 valence electrons. The van der Waals surface area contributed by atoms with Crippen molar-refractivity contribution in [2.24, 2.45) is 0 Å². The van der Waals surface area contributed by atoms with Crippen LogP contribution in [0.4, 0.5) is 10.8 Å². The molecule has 0 spiro atoms. The van der Waals surface area contributed by atoms with Gasteiger partial charge in [-0.3, -0.25) is 4.98 Å². The molecule has 0 aromatic carbocycles. The topological polar surface area (TPSA) is 63.8 Å². The van der Waals surface area contributed by atoms with Crippen LogP contribution in [0.5, 0.6) is 0 Å². The first-order valence-electron chi connectivity index (χ1n) is 7.28. The van der Waals surface area contributed by atoms with E-state index in [0.717, 1.165) is 21.5 Å². The van der Waals surface area contributed by atoms with Crippen LogP contribution in [0.2, 0.25) is 0 Å². The number of pyridine rings is 1. The van der Waals surface area contributed by atoms with Crippen LogP contribution in [0.25, 0.3) is 12.2 Å². The zero-order valence-corrected chi connectivity index (χ0v) is 14.1. The highest BCUT2D eigenvalue weighted by atomic mass is 32.1. The van der Waals surface area contributed by atoms with Gasteiger partial charge in [0.2, 0.25) is 5.89 Å². The van der Waals surface area contributed by atoms with Crippen molar-refractivity contribution in [1.82, 2.24) is 15.0 Å². The fourth-order valence-corrected chi connectivity index (χ4v) is 2.58. The number of anilines is 2. The van der Waals surface area contributed by atoms with Crippen LogP contribution in [0, 0.1) is 0 Å². The van der Waals surface area contributed by atoms with Crippen LogP contribution >= 0.6 is 11.3 Å². The first-order chi connectivity index (χ1) is 11.0. The van der Waals surface area contributed by atoms with E-state index < -0.39 is 0 Å². The van der Waals surface area contributed by atoms with Gasteiger partial charge in [-0.2, -0.15) is 0 Å². The zero-order valence-electron chi connectivity index (χ0n) is 13.3. The summed E-state index contributed by atoms with van der Waals surface area (Å²) in [4.78, 5) is 13.6. The molecule has 3 aromatic heterocycles. The Hall–Kier alpha value is -2.47. The van der Waals surface area contributed by atoms with Gasteiger partial charge in [-0.15, -0.1) is 0 Å². The van der Waals surface area contributed by atoms with Crippen molar-refractivity contribution in [2.45, 2.75) is 26.2 Å². The molecule has 0 unspecified atom stereocenters. The van der Waals surface area contributed by atoms with E-state index in [9.17, 15) is 0 Å². The number of oxazole rings is 1. The second-order valence-electron chi connectivity index (χ2n) is 6.07. The van der Waals surface area contributed by atoms with Crippen molar-refractivity contribution in [1.29, 1.82) is 0 Å². The summed E-state index contributed by atoms with van der Waals surface area (Å²) in [5.41, 5.74) is 0.929. The largest absolute Gasteiger partial charge is 0.441 e. The lowest BCUT2D eigenvalue weighted by Gasteiger charge is -2.12. The number of nitrogens with zero attached hydrogens (tertiary/aromatic N) is 3. The van der Waals surface area contributed by atoms with Crippen molar-refractivity contribution in [2.75, 3.05) is 5.32 Å². The number of rotatable bonds is 4. The van der Waals surface area contributed by atoms with E-state index in [0.29, 0.717) is 5.89 Å². The summed E-state index contributed by atoms with van der Waals surface area (Å²) in [6.45, 7) is 6.30. The van der Waals surface area contributed by atoms with Crippen LogP contribution in [0.1, 0.15) is 37.3 Å². The van der Waals surface area contributed by atoms with E-state index in [2.05, 4.69) is 41.0 Å². The molecule has 0 bridgehead atoms. The maximum Gasteiger partial charge on any atom is 0.218 e. The van der Waals surface area contributed by atoms with Crippen molar-refractivity contribution in [3.8, 4) is 0 Å². The summed E-state index contributed by atoms with van der Waals surface area (Å²) in [6.07, 6.45) is 10.9. The van der Waals surface area contributed by atoms with E-state index in [1.807, 2.05) is 30.5 Å². The Balaban J connectivity index is 1.68. The number of aromatic nitrogens is 3. The van der Waals surface area contributed by atoms with E-state index >= 15 is 0 Å². The Bertz CT molecular complexity index is 799. The summed E-state index contributed by atoms with van der Waals surface area (Å²) in [6, 6.07) is 3.80. The Morgan fingerprint density at radius 2 is 1.87 bits per heavy atom. The van der Waals surface area contributed by atoms with E-state index in [-0.39, 0.29) is 5.41 Å². The Labute approximate surface area is 139 Å². The highest BCUT2D eigenvalue weighted by Gasteiger charge is 2.18. The van der Waals surface area contributed by atoms with Gasteiger partial charge in [-0.25, -0.2) is 9.97 Å². The molecule has 3 rings (SSSR count).